The largest absolute Gasteiger partial charge is 0.319 e. The van der Waals surface area contributed by atoms with E-state index in [1.807, 2.05) is 7.05 Å². The minimum Gasteiger partial charge on any atom is -0.319 e. The smallest absolute Gasteiger partial charge is 0.0628 e. The Morgan fingerprint density at radius 3 is 2.65 bits per heavy atom. The van der Waals surface area contributed by atoms with E-state index in [1.54, 1.807) is 0 Å². The fraction of sp³-hybridized carbons (Fsp3) is 0.786. The summed E-state index contributed by atoms with van der Waals surface area (Å²) >= 11 is 0. The van der Waals surface area contributed by atoms with Crippen LogP contribution in [0.2, 0.25) is 0 Å². The number of aromatic nitrogens is 2. The van der Waals surface area contributed by atoms with Crippen LogP contribution in [0.1, 0.15) is 43.6 Å². The van der Waals surface area contributed by atoms with Gasteiger partial charge in [-0.05, 0) is 51.8 Å². The third-order valence-electron chi connectivity index (χ3n) is 3.36. The van der Waals surface area contributed by atoms with Gasteiger partial charge < -0.3 is 5.32 Å². The van der Waals surface area contributed by atoms with E-state index in [0.29, 0.717) is 5.92 Å². The molecule has 0 aliphatic carbocycles. The average molecular weight is 237 g/mol. The Bertz CT molecular complexity index is 341. The second-order valence-corrected chi connectivity index (χ2v) is 5.09. The lowest BCUT2D eigenvalue weighted by molar-refractivity contribution is 0.534. The van der Waals surface area contributed by atoms with Crippen molar-refractivity contribution in [3.63, 3.8) is 0 Å². The second-order valence-electron chi connectivity index (χ2n) is 5.09. The van der Waals surface area contributed by atoms with Crippen LogP contribution in [0.5, 0.6) is 0 Å². The highest BCUT2D eigenvalue weighted by atomic mass is 15.3. The minimum absolute atomic E-state index is 0.668. The third-order valence-corrected chi connectivity index (χ3v) is 3.36. The van der Waals surface area contributed by atoms with Crippen molar-refractivity contribution in [2.75, 3.05) is 13.6 Å². The summed E-state index contributed by atoms with van der Waals surface area (Å²) in [6.07, 6.45) is 3.57. The second kappa shape index (κ2) is 6.80. The summed E-state index contributed by atoms with van der Waals surface area (Å²) in [7, 11) is 2.01. The van der Waals surface area contributed by atoms with Crippen molar-refractivity contribution >= 4 is 0 Å². The van der Waals surface area contributed by atoms with Crippen molar-refractivity contribution in [3.05, 3.63) is 17.0 Å². The Morgan fingerprint density at radius 1 is 1.35 bits per heavy atom. The normalized spacial score (nSPS) is 13.0. The van der Waals surface area contributed by atoms with Crippen molar-refractivity contribution in [2.45, 2.75) is 53.5 Å². The molecule has 3 heteroatoms. The molecule has 0 radical (unpaired) electrons. The first kappa shape index (κ1) is 14.2. The molecule has 1 aromatic rings. The van der Waals surface area contributed by atoms with Crippen LogP contribution in [0, 0.1) is 19.8 Å². The van der Waals surface area contributed by atoms with Gasteiger partial charge in [0.15, 0.2) is 0 Å². The van der Waals surface area contributed by atoms with Gasteiger partial charge in [-0.3, -0.25) is 4.68 Å². The molecule has 0 fully saturated rings. The summed E-state index contributed by atoms with van der Waals surface area (Å²) < 4.78 is 2.18. The monoisotopic (exact) mass is 237 g/mol. The van der Waals surface area contributed by atoms with Gasteiger partial charge in [-0.25, -0.2) is 0 Å². The summed E-state index contributed by atoms with van der Waals surface area (Å²) in [6.45, 7) is 11.0. The molecule has 0 spiro atoms. The first-order chi connectivity index (χ1) is 8.10. The SMILES string of the molecule is CCCCn1nc(C)c(CC(C)CNC)c1C. The molecule has 1 heterocycles. The van der Waals surface area contributed by atoms with E-state index in [4.69, 9.17) is 0 Å². The molecule has 0 aromatic carbocycles. The van der Waals surface area contributed by atoms with Crippen LogP contribution in [-0.2, 0) is 13.0 Å². The highest BCUT2D eigenvalue weighted by molar-refractivity contribution is 5.25. The van der Waals surface area contributed by atoms with E-state index in [1.165, 1.54) is 29.8 Å². The van der Waals surface area contributed by atoms with Crippen molar-refractivity contribution in [1.29, 1.82) is 0 Å². The third kappa shape index (κ3) is 3.84. The lowest BCUT2D eigenvalue weighted by Gasteiger charge is -2.11. The van der Waals surface area contributed by atoms with Crippen LogP contribution in [-0.4, -0.2) is 23.4 Å². The molecule has 3 nitrogen and oxygen atoms in total. The summed E-state index contributed by atoms with van der Waals surface area (Å²) in [5, 5.41) is 7.90. The van der Waals surface area contributed by atoms with Crippen LogP contribution in [0.25, 0.3) is 0 Å². The maximum absolute atomic E-state index is 4.66. The van der Waals surface area contributed by atoms with Crippen LogP contribution < -0.4 is 5.32 Å². The summed E-state index contributed by atoms with van der Waals surface area (Å²) in [5.74, 6) is 0.668. The molecule has 0 saturated carbocycles. The predicted molar refractivity (Wildman–Crippen MR) is 73.4 cm³/mol. The van der Waals surface area contributed by atoms with Gasteiger partial charge in [-0.2, -0.15) is 5.10 Å². The molecule has 1 aromatic heterocycles. The number of hydrogen-bond acceptors (Lipinski definition) is 2. The van der Waals surface area contributed by atoms with Gasteiger partial charge in [0.1, 0.15) is 0 Å². The number of hydrogen-bond donors (Lipinski definition) is 1. The van der Waals surface area contributed by atoms with Gasteiger partial charge in [0.25, 0.3) is 0 Å². The first-order valence-corrected chi connectivity index (χ1v) is 6.77. The maximum Gasteiger partial charge on any atom is 0.0628 e. The van der Waals surface area contributed by atoms with E-state index in [9.17, 15) is 0 Å². The maximum atomic E-state index is 4.66. The summed E-state index contributed by atoms with van der Waals surface area (Å²) in [5.41, 5.74) is 4.02. The predicted octanol–water partition coefficient (Wildman–Crippen LogP) is 2.70. The van der Waals surface area contributed by atoms with Gasteiger partial charge in [-0.1, -0.05) is 20.3 Å². The van der Waals surface area contributed by atoms with Crippen LogP contribution >= 0.6 is 0 Å². The molecule has 1 unspecified atom stereocenters. The van der Waals surface area contributed by atoms with E-state index in [2.05, 4.69) is 42.8 Å². The van der Waals surface area contributed by atoms with Crippen molar-refractivity contribution in [1.82, 2.24) is 15.1 Å². The molecular formula is C14H27N3. The van der Waals surface area contributed by atoms with Gasteiger partial charge in [-0.15, -0.1) is 0 Å². The van der Waals surface area contributed by atoms with E-state index in [0.717, 1.165) is 19.5 Å². The average Bonchev–Trinajstić information content (AvgIpc) is 2.54. The summed E-state index contributed by atoms with van der Waals surface area (Å²) in [6, 6.07) is 0. The Kier molecular flexibility index (Phi) is 5.69. The van der Waals surface area contributed by atoms with Crippen LogP contribution in [0.15, 0.2) is 0 Å². The lowest BCUT2D eigenvalue weighted by atomic mass is 9.99. The number of unbranched alkanes of at least 4 members (excludes halogenated alkanes) is 1. The molecule has 0 aliphatic rings. The quantitative estimate of drug-likeness (QED) is 0.790. The molecule has 1 rings (SSSR count). The van der Waals surface area contributed by atoms with Crippen molar-refractivity contribution < 1.29 is 0 Å². The molecule has 0 aliphatic heterocycles. The Morgan fingerprint density at radius 2 is 2.06 bits per heavy atom. The molecule has 0 amide bonds. The highest BCUT2D eigenvalue weighted by Gasteiger charge is 2.13. The lowest BCUT2D eigenvalue weighted by Crippen LogP contribution is -2.18. The highest BCUT2D eigenvalue weighted by Crippen LogP contribution is 2.17. The Balaban J connectivity index is 2.74. The fourth-order valence-electron chi connectivity index (χ4n) is 2.32. The van der Waals surface area contributed by atoms with E-state index in [-0.39, 0.29) is 0 Å². The van der Waals surface area contributed by atoms with Crippen molar-refractivity contribution in [3.8, 4) is 0 Å². The number of aryl methyl sites for hydroxylation is 2. The summed E-state index contributed by atoms with van der Waals surface area (Å²) in [4.78, 5) is 0. The zero-order valence-corrected chi connectivity index (χ0v) is 12.0. The first-order valence-electron chi connectivity index (χ1n) is 6.77. The van der Waals surface area contributed by atoms with Crippen LogP contribution in [0.3, 0.4) is 0 Å². The zero-order chi connectivity index (χ0) is 12.8. The number of nitrogens with one attached hydrogen (secondary N) is 1. The molecule has 1 atom stereocenters. The van der Waals surface area contributed by atoms with Gasteiger partial charge >= 0.3 is 0 Å². The topological polar surface area (TPSA) is 29.9 Å². The molecule has 0 bridgehead atoms. The van der Waals surface area contributed by atoms with E-state index >= 15 is 0 Å². The van der Waals surface area contributed by atoms with Crippen LogP contribution in [0.4, 0.5) is 0 Å². The fourth-order valence-corrected chi connectivity index (χ4v) is 2.32. The van der Waals surface area contributed by atoms with Gasteiger partial charge in [0.05, 0.1) is 5.69 Å². The Hall–Kier alpha value is -0.830. The molecule has 0 saturated heterocycles. The zero-order valence-electron chi connectivity index (χ0n) is 12.0. The molecular weight excluding hydrogens is 210 g/mol. The van der Waals surface area contributed by atoms with Crippen molar-refractivity contribution in [2.24, 2.45) is 5.92 Å². The number of rotatable bonds is 7. The van der Waals surface area contributed by atoms with E-state index < -0.39 is 0 Å². The Labute approximate surface area is 106 Å². The standard InChI is InChI=1S/C14H27N3/c1-6-7-8-17-13(4)14(12(3)16-17)9-11(2)10-15-5/h11,15H,6-10H2,1-5H3. The van der Waals surface area contributed by atoms with Gasteiger partial charge in [0, 0.05) is 12.2 Å². The molecule has 17 heavy (non-hydrogen) atoms. The molecule has 98 valence electrons. The van der Waals surface area contributed by atoms with Gasteiger partial charge in [0.2, 0.25) is 0 Å². The molecule has 1 N–H and O–H groups in total. The minimum atomic E-state index is 0.668. The number of nitrogens with zero attached hydrogens (tertiary/aromatic N) is 2.